The topological polar surface area (TPSA) is 33.1 Å². The highest BCUT2D eigenvalue weighted by Gasteiger charge is 2.00. The number of likely N-dealkylation sites (N-methyl/N-ethyl adjacent to an activating group) is 1. The number of hydrogen-bond donors (Lipinski definition) is 1. The molecule has 0 aliphatic rings. The molecule has 0 saturated carbocycles. The predicted molar refractivity (Wildman–Crippen MR) is 64.1 cm³/mol. The van der Waals surface area contributed by atoms with Crippen molar-refractivity contribution < 1.29 is 0 Å². The molecule has 1 heterocycles. The molecule has 0 aliphatic carbocycles. The van der Waals surface area contributed by atoms with E-state index in [1.807, 2.05) is 16.8 Å². The number of nitrogens with one attached hydrogen (secondary N) is 1. The zero-order chi connectivity index (χ0) is 11.1. The summed E-state index contributed by atoms with van der Waals surface area (Å²) in [5, 5.41) is 3.31. The number of nitrogens with zero attached hydrogens (tertiary/aromatic N) is 3. The van der Waals surface area contributed by atoms with Crippen LogP contribution in [0.1, 0.15) is 6.92 Å². The van der Waals surface area contributed by atoms with Crippen LogP contribution in [0.15, 0.2) is 25.0 Å². The lowest BCUT2D eigenvalue weighted by Gasteiger charge is -2.14. The second kappa shape index (κ2) is 6.24. The molecule has 1 aromatic rings. The highest BCUT2D eigenvalue weighted by molar-refractivity contribution is 5.26. The third-order valence-corrected chi connectivity index (χ3v) is 2.36. The lowest BCUT2D eigenvalue weighted by atomic mass is 10.5. The fourth-order valence-electron chi connectivity index (χ4n) is 1.28. The highest BCUT2D eigenvalue weighted by atomic mass is 15.2. The van der Waals surface area contributed by atoms with Gasteiger partial charge >= 0.3 is 0 Å². The van der Waals surface area contributed by atoms with Gasteiger partial charge in [0.15, 0.2) is 0 Å². The molecule has 0 spiro atoms. The van der Waals surface area contributed by atoms with Gasteiger partial charge in [-0.25, -0.2) is 4.98 Å². The third kappa shape index (κ3) is 3.75. The van der Waals surface area contributed by atoms with Crippen LogP contribution in [0.25, 0.3) is 0 Å². The minimum Gasteiger partial charge on any atom is -0.354 e. The van der Waals surface area contributed by atoms with E-state index in [2.05, 4.69) is 35.8 Å². The number of anilines is 1. The molecule has 0 unspecified atom stereocenters. The smallest absolute Gasteiger partial charge is 0.203 e. The van der Waals surface area contributed by atoms with Crippen LogP contribution in [0, 0.1) is 0 Å². The van der Waals surface area contributed by atoms with Crippen molar-refractivity contribution in [2.75, 3.05) is 32.0 Å². The van der Waals surface area contributed by atoms with Gasteiger partial charge in [-0.1, -0.05) is 13.0 Å². The largest absolute Gasteiger partial charge is 0.354 e. The number of allylic oxidation sites excluding steroid dienone is 1. The van der Waals surface area contributed by atoms with Gasteiger partial charge in [0.05, 0.1) is 0 Å². The van der Waals surface area contributed by atoms with E-state index in [0.717, 1.165) is 32.1 Å². The number of aromatic nitrogens is 2. The molecule has 0 fully saturated rings. The molecule has 0 bridgehead atoms. The standard InChI is InChI=1S/C11H20N4/c1-4-8-15-10-7-13-11(15)12-6-9-14(3)5-2/h4,7,10H,1,5-6,8-9H2,2-3H3,(H,12,13). The maximum Gasteiger partial charge on any atom is 0.203 e. The Morgan fingerprint density at radius 3 is 3.13 bits per heavy atom. The zero-order valence-electron chi connectivity index (χ0n) is 9.61. The van der Waals surface area contributed by atoms with Gasteiger partial charge in [-0.3, -0.25) is 0 Å². The van der Waals surface area contributed by atoms with Crippen LogP contribution in [0.2, 0.25) is 0 Å². The van der Waals surface area contributed by atoms with Crippen molar-refractivity contribution in [3.63, 3.8) is 0 Å². The summed E-state index contributed by atoms with van der Waals surface area (Å²) in [6.07, 6.45) is 5.62. The summed E-state index contributed by atoms with van der Waals surface area (Å²) in [6, 6.07) is 0. The van der Waals surface area contributed by atoms with Crippen molar-refractivity contribution in [2.45, 2.75) is 13.5 Å². The Kier molecular flexibility index (Phi) is 4.90. The van der Waals surface area contributed by atoms with E-state index in [9.17, 15) is 0 Å². The van der Waals surface area contributed by atoms with Crippen molar-refractivity contribution in [3.05, 3.63) is 25.0 Å². The molecule has 0 aromatic carbocycles. The first kappa shape index (κ1) is 11.8. The van der Waals surface area contributed by atoms with E-state index in [1.165, 1.54) is 0 Å². The Labute approximate surface area is 91.6 Å². The Hall–Kier alpha value is -1.29. The first-order valence-corrected chi connectivity index (χ1v) is 5.32. The molecule has 4 nitrogen and oxygen atoms in total. The van der Waals surface area contributed by atoms with E-state index >= 15 is 0 Å². The molecule has 0 saturated heterocycles. The monoisotopic (exact) mass is 208 g/mol. The van der Waals surface area contributed by atoms with E-state index in [0.29, 0.717) is 0 Å². The summed E-state index contributed by atoms with van der Waals surface area (Å²) < 4.78 is 2.04. The van der Waals surface area contributed by atoms with Crippen LogP contribution in [-0.4, -0.2) is 41.1 Å². The van der Waals surface area contributed by atoms with Gasteiger partial charge in [0.2, 0.25) is 5.95 Å². The van der Waals surface area contributed by atoms with Gasteiger partial charge in [-0.15, -0.1) is 6.58 Å². The minimum atomic E-state index is 0.798. The average Bonchev–Trinajstić information content (AvgIpc) is 2.66. The van der Waals surface area contributed by atoms with Gasteiger partial charge in [0, 0.05) is 32.0 Å². The molecule has 0 radical (unpaired) electrons. The molecular formula is C11H20N4. The lowest BCUT2D eigenvalue weighted by molar-refractivity contribution is 0.366. The van der Waals surface area contributed by atoms with Crippen LogP contribution in [0.5, 0.6) is 0 Å². The maximum atomic E-state index is 4.24. The zero-order valence-corrected chi connectivity index (χ0v) is 9.61. The Balaban J connectivity index is 2.36. The Bertz CT molecular complexity index is 293. The van der Waals surface area contributed by atoms with Crippen molar-refractivity contribution in [2.24, 2.45) is 0 Å². The molecule has 1 rings (SSSR count). The maximum absolute atomic E-state index is 4.24. The van der Waals surface area contributed by atoms with Crippen LogP contribution in [-0.2, 0) is 6.54 Å². The van der Waals surface area contributed by atoms with Crippen LogP contribution < -0.4 is 5.32 Å². The molecule has 84 valence electrons. The van der Waals surface area contributed by atoms with E-state index in [1.54, 1.807) is 6.20 Å². The molecule has 4 heteroatoms. The quantitative estimate of drug-likeness (QED) is 0.688. The van der Waals surface area contributed by atoms with Crippen molar-refractivity contribution in [3.8, 4) is 0 Å². The number of rotatable bonds is 7. The fourth-order valence-corrected chi connectivity index (χ4v) is 1.28. The first-order chi connectivity index (χ1) is 7.27. The lowest BCUT2D eigenvalue weighted by Crippen LogP contribution is -2.25. The molecule has 1 N–H and O–H groups in total. The number of hydrogen-bond acceptors (Lipinski definition) is 3. The van der Waals surface area contributed by atoms with Crippen LogP contribution in [0.3, 0.4) is 0 Å². The average molecular weight is 208 g/mol. The SMILES string of the molecule is C=CCn1ccnc1NCCN(C)CC. The van der Waals surface area contributed by atoms with Crippen molar-refractivity contribution in [1.82, 2.24) is 14.5 Å². The normalized spacial score (nSPS) is 10.6. The molecule has 1 aromatic heterocycles. The molecule has 0 amide bonds. The van der Waals surface area contributed by atoms with Gasteiger partial charge in [-0.05, 0) is 13.6 Å². The summed E-state index contributed by atoms with van der Waals surface area (Å²) in [7, 11) is 2.11. The van der Waals surface area contributed by atoms with Gasteiger partial charge < -0.3 is 14.8 Å². The second-order valence-electron chi connectivity index (χ2n) is 3.51. The molecule has 0 atom stereocenters. The van der Waals surface area contributed by atoms with Crippen LogP contribution in [0.4, 0.5) is 5.95 Å². The van der Waals surface area contributed by atoms with E-state index in [4.69, 9.17) is 0 Å². The predicted octanol–water partition coefficient (Wildman–Crippen LogP) is 1.43. The molecule has 15 heavy (non-hydrogen) atoms. The van der Waals surface area contributed by atoms with Crippen molar-refractivity contribution >= 4 is 5.95 Å². The molecule has 0 aliphatic heterocycles. The third-order valence-electron chi connectivity index (χ3n) is 2.36. The second-order valence-corrected chi connectivity index (χ2v) is 3.51. The summed E-state index contributed by atoms with van der Waals surface area (Å²) in [6.45, 7) is 9.68. The fraction of sp³-hybridized carbons (Fsp3) is 0.545. The summed E-state index contributed by atoms with van der Waals surface area (Å²) >= 11 is 0. The van der Waals surface area contributed by atoms with E-state index in [-0.39, 0.29) is 0 Å². The van der Waals surface area contributed by atoms with Gasteiger partial charge in [0.25, 0.3) is 0 Å². The molecular weight excluding hydrogens is 188 g/mol. The van der Waals surface area contributed by atoms with E-state index < -0.39 is 0 Å². The Morgan fingerprint density at radius 2 is 2.47 bits per heavy atom. The van der Waals surface area contributed by atoms with Gasteiger partial charge in [-0.2, -0.15) is 0 Å². The Morgan fingerprint density at radius 1 is 1.67 bits per heavy atom. The summed E-state index contributed by atoms with van der Waals surface area (Å²) in [5.41, 5.74) is 0. The van der Waals surface area contributed by atoms with Crippen LogP contribution >= 0.6 is 0 Å². The minimum absolute atomic E-state index is 0.798. The summed E-state index contributed by atoms with van der Waals surface area (Å²) in [5.74, 6) is 0.916. The van der Waals surface area contributed by atoms with Crippen molar-refractivity contribution in [1.29, 1.82) is 0 Å². The van der Waals surface area contributed by atoms with Gasteiger partial charge in [0.1, 0.15) is 0 Å². The number of imidazole rings is 1. The summed E-state index contributed by atoms with van der Waals surface area (Å²) in [4.78, 5) is 6.50. The highest BCUT2D eigenvalue weighted by Crippen LogP contribution is 2.03. The first-order valence-electron chi connectivity index (χ1n) is 5.32.